The molecule has 1 heterocycles. The van der Waals surface area contributed by atoms with Crippen molar-refractivity contribution >= 4 is 21.4 Å². The fraction of sp³-hybridized carbons (Fsp3) is 0.357. The highest BCUT2D eigenvalue weighted by Crippen LogP contribution is 2.20. The van der Waals surface area contributed by atoms with Crippen LogP contribution < -0.4 is 0 Å². The second kappa shape index (κ2) is 6.23. The summed E-state index contributed by atoms with van der Waals surface area (Å²) in [6.45, 7) is 3.78. The summed E-state index contributed by atoms with van der Waals surface area (Å²) in [5, 5.41) is 12.0. The average Bonchev–Trinajstić information content (AvgIpc) is 2.84. The van der Waals surface area contributed by atoms with Gasteiger partial charge in [-0.2, -0.15) is 4.31 Å². The van der Waals surface area contributed by atoms with Gasteiger partial charge in [-0.1, -0.05) is 6.07 Å². The second-order valence-corrected chi connectivity index (χ2v) is 7.97. The Hall–Kier alpha value is -1.28. The van der Waals surface area contributed by atoms with Gasteiger partial charge in [-0.25, -0.2) is 13.4 Å². The van der Waals surface area contributed by atoms with E-state index in [4.69, 9.17) is 0 Å². The van der Waals surface area contributed by atoms with Crippen molar-refractivity contribution in [1.82, 2.24) is 9.29 Å². The topological polar surface area (TPSA) is 70.5 Å². The summed E-state index contributed by atoms with van der Waals surface area (Å²) in [5.41, 5.74) is 2.22. The van der Waals surface area contributed by atoms with Crippen molar-refractivity contribution < 1.29 is 13.5 Å². The minimum atomic E-state index is -3.59. The first kappa shape index (κ1) is 16.1. The third-order valence-electron chi connectivity index (χ3n) is 3.25. The number of sulfonamides is 1. The van der Waals surface area contributed by atoms with Crippen molar-refractivity contribution in [2.24, 2.45) is 0 Å². The SMILES string of the molecule is Cc1nc(CN(C)S(=O)(=O)c2ccc(C)c(CO)c2)cs1. The van der Waals surface area contributed by atoms with E-state index in [0.717, 1.165) is 16.3 Å². The first-order valence-electron chi connectivity index (χ1n) is 6.42. The monoisotopic (exact) mass is 326 g/mol. The molecule has 7 heteroatoms. The number of thiazole rings is 1. The smallest absolute Gasteiger partial charge is 0.243 e. The molecule has 1 N–H and O–H groups in total. The Morgan fingerprint density at radius 3 is 2.62 bits per heavy atom. The van der Waals surface area contributed by atoms with Crippen LogP contribution in [-0.2, 0) is 23.2 Å². The van der Waals surface area contributed by atoms with Crippen LogP contribution >= 0.6 is 11.3 Å². The molecule has 0 aliphatic heterocycles. The molecule has 2 rings (SSSR count). The Labute approximate surface area is 128 Å². The van der Waals surface area contributed by atoms with Gasteiger partial charge in [0.05, 0.1) is 28.7 Å². The van der Waals surface area contributed by atoms with Crippen LogP contribution in [0.15, 0.2) is 28.5 Å². The van der Waals surface area contributed by atoms with E-state index in [2.05, 4.69) is 4.98 Å². The fourth-order valence-electron chi connectivity index (χ4n) is 1.95. The zero-order valence-corrected chi connectivity index (χ0v) is 13.8. The number of aliphatic hydroxyl groups is 1. The van der Waals surface area contributed by atoms with Gasteiger partial charge < -0.3 is 5.11 Å². The molecule has 2 aromatic rings. The quantitative estimate of drug-likeness (QED) is 0.913. The summed E-state index contributed by atoms with van der Waals surface area (Å²) in [4.78, 5) is 4.46. The van der Waals surface area contributed by atoms with Gasteiger partial charge in [-0.15, -0.1) is 11.3 Å². The molecule has 0 spiro atoms. The first-order chi connectivity index (χ1) is 9.84. The molecule has 0 bridgehead atoms. The second-order valence-electron chi connectivity index (χ2n) is 4.87. The van der Waals surface area contributed by atoms with Crippen LogP contribution in [0.2, 0.25) is 0 Å². The third-order valence-corrected chi connectivity index (χ3v) is 5.87. The zero-order chi connectivity index (χ0) is 15.6. The van der Waals surface area contributed by atoms with Crippen molar-refractivity contribution in [3.63, 3.8) is 0 Å². The lowest BCUT2D eigenvalue weighted by atomic mass is 10.1. The number of aryl methyl sites for hydroxylation is 2. The lowest BCUT2D eigenvalue weighted by Crippen LogP contribution is -2.26. The molecule has 0 radical (unpaired) electrons. The maximum atomic E-state index is 12.5. The number of nitrogens with zero attached hydrogens (tertiary/aromatic N) is 2. The van der Waals surface area contributed by atoms with Crippen molar-refractivity contribution in [2.75, 3.05) is 7.05 Å². The molecule has 0 saturated heterocycles. The van der Waals surface area contributed by atoms with Gasteiger partial charge in [0.1, 0.15) is 0 Å². The molecule has 0 fully saturated rings. The van der Waals surface area contributed by atoms with E-state index in [1.807, 2.05) is 19.2 Å². The van der Waals surface area contributed by atoms with Crippen LogP contribution in [0, 0.1) is 13.8 Å². The van der Waals surface area contributed by atoms with Crippen LogP contribution in [0.5, 0.6) is 0 Å². The van der Waals surface area contributed by atoms with Crippen LogP contribution in [0.3, 0.4) is 0 Å². The van der Waals surface area contributed by atoms with E-state index in [0.29, 0.717) is 5.56 Å². The number of benzene rings is 1. The summed E-state index contributed by atoms with van der Waals surface area (Å²) >= 11 is 1.50. The normalized spacial score (nSPS) is 12.0. The largest absolute Gasteiger partial charge is 0.392 e. The van der Waals surface area contributed by atoms with Gasteiger partial charge in [-0.3, -0.25) is 0 Å². The first-order valence-corrected chi connectivity index (χ1v) is 8.74. The molecule has 114 valence electrons. The maximum Gasteiger partial charge on any atom is 0.243 e. The van der Waals surface area contributed by atoms with Gasteiger partial charge in [0.2, 0.25) is 10.0 Å². The Kier molecular flexibility index (Phi) is 4.77. The molecule has 0 atom stereocenters. The Balaban J connectivity index is 2.28. The molecule has 1 aromatic heterocycles. The number of aliphatic hydroxyl groups excluding tert-OH is 1. The maximum absolute atomic E-state index is 12.5. The van der Waals surface area contributed by atoms with Gasteiger partial charge in [0, 0.05) is 12.4 Å². The lowest BCUT2D eigenvalue weighted by Gasteiger charge is -2.17. The average molecular weight is 326 g/mol. The minimum Gasteiger partial charge on any atom is -0.392 e. The summed E-state index contributed by atoms with van der Waals surface area (Å²) in [5.74, 6) is 0. The van der Waals surface area contributed by atoms with Crippen LogP contribution in [0.25, 0.3) is 0 Å². The van der Waals surface area contributed by atoms with Gasteiger partial charge >= 0.3 is 0 Å². The zero-order valence-electron chi connectivity index (χ0n) is 12.2. The van der Waals surface area contributed by atoms with E-state index in [-0.39, 0.29) is 18.0 Å². The Morgan fingerprint density at radius 2 is 2.05 bits per heavy atom. The van der Waals surface area contributed by atoms with E-state index in [9.17, 15) is 13.5 Å². The van der Waals surface area contributed by atoms with E-state index in [1.165, 1.54) is 28.8 Å². The Bertz CT molecular complexity index is 738. The van der Waals surface area contributed by atoms with Gasteiger partial charge in [-0.05, 0) is 37.1 Å². The molecule has 21 heavy (non-hydrogen) atoms. The van der Waals surface area contributed by atoms with Crippen LogP contribution in [-0.4, -0.2) is 29.9 Å². The minimum absolute atomic E-state index is 0.176. The highest BCUT2D eigenvalue weighted by molar-refractivity contribution is 7.89. The molecule has 5 nitrogen and oxygen atoms in total. The number of rotatable bonds is 5. The van der Waals surface area contributed by atoms with E-state index < -0.39 is 10.0 Å². The fourth-order valence-corrected chi connectivity index (χ4v) is 3.75. The summed E-state index contributed by atoms with van der Waals surface area (Å²) in [6, 6.07) is 4.79. The standard InChI is InChI=1S/C14H18N2O3S2/c1-10-4-5-14(6-12(10)8-17)21(18,19)16(3)7-13-9-20-11(2)15-13/h4-6,9,17H,7-8H2,1-3H3. The van der Waals surface area contributed by atoms with Crippen molar-refractivity contribution in [3.8, 4) is 0 Å². The Morgan fingerprint density at radius 1 is 1.33 bits per heavy atom. The van der Waals surface area contributed by atoms with Crippen molar-refractivity contribution in [1.29, 1.82) is 0 Å². The molecular formula is C14H18N2O3S2. The summed E-state index contributed by atoms with van der Waals surface area (Å²) in [7, 11) is -2.06. The predicted molar refractivity (Wildman–Crippen MR) is 82.6 cm³/mol. The predicted octanol–water partition coefficient (Wildman–Crippen LogP) is 2.07. The lowest BCUT2D eigenvalue weighted by molar-refractivity contribution is 0.280. The van der Waals surface area contributed by atoms with E-state index in [1.54, 1.807) is 12.1 Å². The van der Waals surface area contributed by atoms with Gasteiger partial charge in [0.15, 0.2) is 0 Å². The molecular weight excluding hydrogens is 308 g/mol. The highest BCUT2D eigenvalue weighted by Gasteiger charge is 2.22. The molecule has 0 aliphatic rings. The van der Waals surface area contributed by atoms with E-state index >= 15 is 0 Å². The molecule has 0 aliphatic carbocycles. The number of hydrogen-bond acceptors (Lipinski definition) is 5. The summed E-state index contributed by atoms with van der Waals surface area (Å²) in [6.07, 6.45) is 0. The van der Waals surface area contributed by atoms with Crippen LogP contribution in [0.4, 0.5) is 0 Å². The molecule has 0 saturated carbocycles. The molecule has 0 unspecified atom stereocenters. The third kappa shape index (κ3) is 3.49. The molecule has 1 aromatic carbocycles. The van der Waals surface area contributed by atoms with Crippen molar-refractivity contribution in [2.45, 2.75) is 31.9 Å². The molecule has 0 amide bonds. The van der Waals surface area contributed by atoms with Crippen molar-refractivity contribution in [3.05, 3.63) is 45.4 Å². The number of hydrogen-bond donors (Lipinski definition) is 1. The van der Waals surface area contributed by atoms with Gasteiger partial charge in [0.25, 0.3) is 0 Å². The summed E-state index contributed by atoms with van der Waals surface area (Å²) < 4.78 is 26.4. The number of aromatic nitrogens is 1. The van der Waals surface area contributed by atoms with Crippen LogP contribution in [0.1, 0.15) is 21.8 Å². The highest BCUT2D eigenvalue weighted by atomic mass is 32.2.